The van der Waals surface area contributed by atoms with Gasteiger partial charge >= 0.3 is 0 Å². The van der Waals surface area contributed by atoms with Crippen molar-refractivity contribution in [3.63, 3.8) is 0 Å². The molecule has 0 saturated carbocycles. The number of halogens is 1. The van der Waals surface area contributed by atoms with Gasteiger partial charge in [-0.05, 0) is 6.92 Å². The second kappa shape index (κ2) is 3.88. The number of piperazine rings is 1. The summed E-state index contributed by atoms with van der Waals surface area (Å²) in [7, 11) is 0. The quantitative estimate of drug-likeness (QED) is 0.600. The molecule has 0 aromatic heterocycles. The Morgan fingerprint density at radius 1 is 1.70 bits per heavy atom. The van der Waals surface area contributed by atoms with E-state index in [0.717, 1.165) is 19.6 Å². The zero-order chi connectivity index (χ0) is 7.40. The van der Waals surface area contributed by atoms with Crippen LogP contribution in [0.1, 0.15) is 6.92 Å². The molecule has 1 aliphatic heterocycles. The highest BCUT2D eigenvalue weighted by Gasteiger charge is 2.16. The maximum Gasteiger partial charge on any atom is 0.102 e. The van der Waals surface area contributed by atoms with Crippen molar-refractivity contribution in [1.82, 2.24) is 10.2 Å². The van der Waals surface area contributed by atoms with E-state index in [1.165, 1.54) is 0 Å². The van der Waals surface area contributed by atoms with Crippen LogP contribution < -0.4 is 5.32 Å². The smallest absolute Gasteiger partial charge is 0.102 e. The first-order valence-corrected chi connectivity index (χ1v) is 3.85. The Balaban J connectivity index is 2.25. The molecule has 1 heterocycles. The molecule has 0 amide bonds. The summed E-state index contributed by atoms with van der Waals surface area (Å²) in [5.74, 6) is 0. The molecular formula is C7H15FN2. The van der Waals surface area contributed by atoms with Gasteiger partial charge in [-0.15, -0.1) is 0 Å². The van der Waals surface area contributed by atoms with Gasteiger partial charge in [-0.25, -0.2) is 4.39 Å². The summed E-state index contributed by atoms with van der Waals surface area (Å²) in [4.78, 5) is 2.18. The van der Waals surface area contributed by atoms with Crippen LogP contribution in [0.25, 0.3) is 0 Å². The highest BCUT2D eigenvalue weighted by Crippen LogP contribution is 2.00. The molecule has 0 radical (unpaired) electrons. The largest absolute Gasteiger partial charge is 0.314 e. The average molecular weight is 146 g/mol. The van der Waals surface area contributed by atoms with E-state index in [9.17, 15) is 4.39 Å². The lowest BCUT2D eigenvalue weighted by Gasteiger charge is -2.32. The molecule has 1 aliphatic rings. The Kier molecular flexibility index (Phi) is 3.09. The highest BCUT2D eigenvalue weighted by molar-refractivity contribution is 4.75. The van der Waals surface area contributed by atoms with Gasteiger partial charge in [0.2, 0.25) is 0 Å². The van der Waals surface area contributed by atoms with Crippen molar-refractivity contribution in [2.75, 3.05) is 32.9 Å². The van der Waals surface area contributed by atoms with Crippen molar-refractivity contribution in [1.29, 1.82) is 0 Å². The standard InChI is InChI=1S/C7H15FN2/c1-7-6-9-3-5-10(7)4-2-8/h7,9H,2-6H2,1H3. The van der Waals surface area contributed by atoms with Gasteiger partial charge < -0.3 is 5.32 Å². The van der Waals surface area contributed by atoms with Crippen LogP contribution in [-0.4, -0.2) is 43.8 Å². The highest BCUT2D eigenvalue weighted by atomic mass is 19.1. The summed E-state index contributed by atoms with van der Waals surface area (Å²) in [6.45, 7) is 5.50. The summed E-state index contributed by atoms with van der Waals surface area (Å²) in [6.07, 6.45) is 0. The van der Waals surface area contributed by atoms with Gasteiger partial charge in [-0.3, -0.25) is 4.90 Å². The van der Waals surface area contributed by atoms with Crippen molar-refractivity contribution >= 4 is 0 Å². The van der Waals surface area contributed by atoms with E-state index in [2.05, 4.69) is 17.1 Å². The Hall–Kier alpha value is -0.150. The summed E-state index contributed by atoms with van der Waals surface area (Å²) >= 11 is 0. The molecule has 0 spiro atoms. The van der Waals surface area contributed by atoms with Gasteiger partial charge in [0.15, 0.2) is 0 Å². The van der Waals surface area contributed by atoms with E-state index < -0.39 is 0 Å². The van der Waals surface area contributed by atoms with E-state index in [0.29, 0.717) is 12.6 Å². The van der Waals surface area contributed by atoms with Crippen molar-refractivity contribution in [3.8, 4) is 0 Å². The van der Waals surface area contributed by atoms with Crippen molar-refractivity contribution in [2.24, 2.45) is 0 Å². The maximum absolute atomic E-state index is 11.9. The zero-order valence-electron chi connectivity index (χ0n) is 6.44. The number of nitrogens with one attached hydrogen (secondary N) is 1. The van der Waals surface area contributed by atoms with Gasteiger partial charge in [-0.2, -0.15) is 0 Å². The Morgan fingerprint density at radius 3 is 3.10 bits per heavy atom. The Labute approximate surface area is 61.4 Å². The predicted molar refractivity (Wildman–Crippen MR) is 39.9 cm³/mol. The van der Waals surface area contributed by atoms with Crippen LogP contribution in [0.4, 0.5) is 4.39 Å². The van der Waals surface area contributed by atoms with Crippen LogP contribution in [-0.2, 0) is 0 Å². The van der Waals surface area contributed by atoms with Crippen LogP contribution in [0.5, 0.6) is 0 Å². The molecule has 0 aromatic carbocycles. The number of alkyl halides is 1. The molecule has 1 rings (SSSR count). The van der Waals surface area contributed by atoms with E-state index in [1.54, 1.807) is 0 Å². The minimum Gasteiger partial charge on any atom is -0.314 e. The summed E-state index contributed by atoms with van der Waals surface area (Å²) < 4.78 is 11.9. The fourth-order valence-corrected chi connectivity index (χ4v) is 1.32. The Morgan fingerprint density at radius 2 is 2.50 bits per heavy atom. The second-order valence-corrected chi connectivity index (χ2v) is 2.78. The monoisotopic (exact) mass is 146 g/mol. The first-order valence-electron chi connectivity index (χ1n) is 3.85. The minimum absolute atomic E-state index is 0.218. The van der Waals surface area contributed by atoms with E-state index in [1.807, 2.05) is 0 Å². The lowest BCUT2D eigenvalue weighted by Crippen LogP contribution is -2.50. The molecule has 60 valence electrons. The number of hydrogen-bond donors (Lipinski definition) is 1. The molecule has 1 unspecified atom stereocenters. The van der Waals surface area contributed by atoms with E-state index in [4.69, 9.17) is 0 Å². The first kappa shape index (κ1) is 7.95. The van der Waals surface area contributed by atoms with Crippen LogP contribution in [0, 0.1) is 0 Å². The molecule has 0 aliphatic carbocycles. The molecule has 2 nitrogen and oxygen atoms in total. The number of nitrogens with zero attached hydrogens (tertiary/aromatic N) is 1. The lowest BCUT2D eigenvalue weighted by atomic mass is 10.2. The minimum atomic E-state index is -0.218. The fourth-order valence-electron chi connectivity index (χ4n) is 1.32. The average Bonchev–Trinajstić information content (AvgIpc) is 1.94. The molecule has 3 heteroatoms. The molecule has 1 N–H and O–H groups in total. The second-order valence-electron chi connectivity index (χ2n) is 2.78. The van der Waals surface area contributed by atoms with Gasteiger partial charge in [0.05, 0.1) is 0 Å². The topological polar surface area (TPSA) is 15.3 Å². The van der Waals surface area contributed by atoms with Gasteiger partial charge in [0.1, 0.15) is 6.67 Å². The van der Waals surface area contributed by atoms with Crippen molar-refractivity contribution in [2.45, 2.75) is 13.0 Å². The molecule has 0 aromatic rings. The SMILES string of the molecule is CC1CNCCN1CCF. The molecule has 1 atom stereocenters. The molecule has 1 saturated heterocycles. The number of hydrogen-bond acceptors (Lipinski definition) is 2. The maximum atomic E-state index is 11.9. The van der Waals surface area contributed by atoms with Crippen LogP contribution in [0.15, 0.2) is 0 Å². The zero-order valence-corrected chi connectivity index (χ0v) is 6.44. The fraction of sp³-hybridized carbons (Fsp3) is 1.00. The van der Waals surface area contributed by atoms with Crippen molar-refractivity contribution < 1.29 is 4.39 Å². The summed E-state index contributed by atoms with van der Waals surface area (Å²) in [6, 6.07) is 0.504. The van der Waals surface area contributed by atoms with E-state index in [-0.39, 0.29) is 6.67 Å². The van der Waals surface area contributed by atoms with Crippen LogP contribution in [0.2, 0.25) is 0 Å². The van der Waals surface area contributed by atoms with Crippen molar-refractivity contribution in [3.05, 3.63) is 0 Å². The third kappa shape index (κ3) is 1.92. The Bertz CT molecular complexity index is 95.6. The third-order valence-corrected chi connectivity index (χ3v) is 2.01. The third-order valence-electron chi connectivity index (χ3n) is 2.01. The first-order chi connectivity index (χ1) is 4.84. The van der Waals surface area contributed by atoms with Crippen LogP contribution >= 0.6 is 0 Å². The van der Waals surface area contributed by atoms with Crippen LogP contribution in [0.3, 0.4) is 0 Å². The predicted octanol–water partition coefficient (Wildman–Crippen LogP) is 0.250. The molecule has 1 fully saturated rings. The summed E-state index contributed by atoms with van der Waals surface area (Å²) in [5, 5.41) is 3.26. The molecule has 0 bridgehead atoms. The molecule has 10 heavy (non-hydrogen) atoms. The van der Waals surface area contributed by atoms with Gasteiger partial charge in [0, 0.05) is 32.2 Å². The van der Waals surface area contributed by atoms with Gasteiger partial charge in [0.25, 0.3) is 0 Å². The van der Waals surface area contributed by atoms with E-state index >= 15 is 0 Å². The normalized spacial score (nSPS) is 28.8. The number of rotatable bonds is 2. The summed E-state index contributed by atoms with van der Waals surface area (Å²) in [5.41, 5.74) is 0. The van der Waals surface area contributed by atoms with Gasteiger partial charge in [-0.1, -0.05) is 0 Å². The molecular weight excluding hydrogens is 131 g/mol. The lowest BCUT2D eigenvalue weighted by molar-refractivity contribution is 0.161.